The fourth-order valence-electron chi connectivity index (χ4n) is 2.84. The van der Waals surface area contributed by atoms with Gasteiger partial charge in [0.2, 0.25) is 0 Å². The summed E-state index contributed by atoms with van der Waals surface area (Å²) in [5.41, 5.74) is 0.949. The van der Waals surface area contributed by atoms with Crippen LogP contribution in [-0.2, 0) is 14.3 Å². The minimum atomic E-state index is -0.268. The van der Waals surface area contributed by atoms with Crippen LogP contribution < -0.4 is 4.74 Å². The zero-order valence-corrected chi connectivity index (χ0v) is 11.6. The number of para-hydroxylation sites is 1. The molecule has 1 aromatic carbocycles. The lowest BCUT2D eigenvalue weighted by molar-refractivity contribution is -0.154. The van der Waals surface area contributed by atoms with Crippen LogP contribution in [0.2, 0.25) is 0 Å². The van der Waals surface area contributed by atoms with Crippen LogP contribution in [0.15, 0.2) is 24.3 Å². The third-order valence-electron chi connectivity index (χ3n) is 3.79. The molecule has 1 aromatic rings. The molecule has 5 heteroatoms. The van der Waals surface area contributed by atoms with Crippen LogP contribution >= 0.6 is 0 Å². The number of ether oxygens (including phenoxy) is 3. The molecule has 1 fully saturated rings. The highest BCUT2D eigenvalue weighted by Gasteiger charge is 2.37. The Morgan fingerprint density at radius 3 is 2.80 bits per heavy atom. The summed E-state index contributed by atoms with van der Waals surface area (Å²) in [5.74, 6) is 0.549. The number of morpholine rings is 1. The van der Waals surface area contributed by atoms with E-state index in [4.69, 9.17) is 14.2 Å². The highest BCUT2D eigenvalue weighted by molar-refractivity contribution is 5.66. The lowest BCUT2D eigenvalue weighted by atomic mass is 9.97. The normalized spacial score (nSPS) is 26.4. The summed E-state index contributed by atoms with van der Waals surface area (Å²) in [5, 5.41) is 0. The summed E-state index contributed by atoms with van der Waals surface area (Å²) < 4.78 is 16.8. The molecule has 5 nitrogen and oxygen atoms in total. The number of esters is 1. The van der Waals surface area contributed by atoms with Gasteiger partial charge in [-0.25, -0.2) is 0 Å². The molecule has 0 N–H and O–H groups in total. The minimum absolute atomic E-state index is 0.0534. The SMILES string of the molecule is CC(=O)OC1c2ccccc2OCC1N1CCOCC1. The van der Waals surface area contributed by atoms with Crippen molar-refractivity contribution in [2.24, 2.45) is 0 Å². The molecule has 2 aliphatic rings. The van der Waals surface area contributed by atoms with Crippen molar-refractivity contribution in [3.63, 3.8) is 0 Å². The van der Waals surface area contributed by atoms with Gasteiger partial charge in [0.15, 0.2) is 0 Å². The molecule has 2 atom stereocenters. The number of fused-ring (bicyclic) bond motifs is 1. The van der Waals surface area contributed by atoms with Crippen LogP contribution in [0.5, 0.6) is 5.75 Å². The van der Waals surface area contributed by atoms with Gasteiger partial charge in [-0.1, -0.05) is 18.2 Å². The first-order valence-corrected chi connectivity index (χ1v) is 6.96. The van der Waals surface area contributed by atoms with Crippen molar-refractivity contribution < 1.29 is 19.0 Å². The van der Waals surface area contributed by atoms with E-state index in [1.807, 2.05) is 24.3 Å². The summed E-state index contributed by atoms with van der Waals surface area (Å²) in [7, 11) is 0. The average Bonchev–Trinajstić information content (AvgIpc) is 2.48. The van der Waals surface area contributed by atoms with Gasteiger partial charge in [0, 0.05) is 25.6 Å². The van der Waals surface area contributed by atoms with Crippen molar-refractivity contribution in [1.82, 2.24) is 4.90 Å². The molecule has 1 saturated heterocycles. The second-order valence-electron chi connectivity index (χ2n) is 5.09. The largest absolute Gasteiger partial charge is 0.491 e. The second-order valence-corrected chi connectivity index (χ2v) is 5.09. The first-order chi connectivity index (χ1) is 9.75. The topological polar surface area (TPSA) is 48.0 Å². The number of benzene rings is 1. The predicted octanol–water partition coefficient (Wildman–Crippen LogP) is 1.38. The Morgan fingerprint density at radius 1 is 1.30 bits per heavy atom. The average molecular weight is 277 g/mol. The maximum absolute atomic E-state index is 11.4. The van der Waals surface area contributed by atoms with Crippen molar-refractivity contribution in [1.29, 1.82) is 0 Å². The number of carbonyl (C=O) groups is 1. The molecule has 0 radical (unpaired) electrons. The van der Waals surface area contributed by atoms with E-state index in [2.05, 4.69) is 4.90 Å². The van der Waals surface area contributed by atoms with Gasteiger partial charge >= 0.3 is 5.97 Å². The third kappa shape index (κ3) is 2.64. The Balaban J connectivity index is 1.88. The molecule has 0 aromatic heterocycles. The Labute approximate surface area is 118 Å². The second kappa shape index (κ2) is 5.81. The van der Waals surface area contributed by atoms with Crippen molar-refractivity contribution >= 4 is 5.97 Å². The van der Waals surface area contributed by atoms with Gasteiger partial charge in [-0.05, 0) is 6.07 Å². The molecule has 0 aliphatic carbocycles. The van der Waals surface area contributed by atoms with E-state index in [1.54, 1.807) is 0 Å². The van der Waals surface area contributed by atoms with E-state index in [-0.39, 0.29) is 18.1 Å². The Kier molecular flexibility index (Phi) is 3.89. The molecular weight excluding hydrogens is 258 g/mol. The Morgan fingerprint density at radius 2 is 2.05 bits per heavy atom. The smallest absolute Gasteiger partial charge is 0.303 e. The van der Waals surface area contributed by atoms with E-state index in [0.29, 0.717) is 19.8 Å². The van der Waals surface area contributed by atoms with E-state index >= 15 is 0 Å². The Hall–Kier alpha value is -1.59. The first kappa shape index (κ1) is 13.4. The molecule has 3 rings (SSSR count). The van der Waals surface area contributed by atoms with E-state index in [0.717, 1.165) is 24.4 Å². The van der Waals surface area contributed by atoms with Crippen molar-refractivity contribution in [2.75, 3.05) is 32.9 Å². The van der Waals surface area contributed by atoms with Crippen LogP contribution in [0.25, 0.3) is 0 Å². The molecule has 0 amide bonds. The summed E-state index contributed by atoms with van der Waals surface area (Å²) in [4.78, 5) is 13.7. The van der Waals surface area contributed by atoms with Crippen molar-refractivity contribution in [3.05, 3.63) is 29.8 Å². The lowest BCUT2D eigenvalue weighted by Gasteiger charge is -2.41. The zero-order valence-electron chi connectivity index (χ0n) is 11.6. The highest BCUT2D eigenvalue weighted by Crippen LogP contribution is 2.36. The molecule has 0 saturated carbocycles. The van der Waals surface area contributed by atoms with Crippen LogP contribution in [0.1, 0.15) is 18.6 Å². The Bertz CT molecular complexity index is 485. The predicted molar refractivity (Wildman–Crippen MR) is 72.6 cm³/mol. The molecule has 2 aliphatic heterocycles. The number of nitrogens with zero attached hydrogens (tertiary/aromatic N) is 1. The number of carbonyl (C=O) groups excluding carboxylic acids is 1. The van der Waals surface area contributed by atoms with Gasteiger partial charge in [0.05, 0.1) is 19.3 Å². The van der Waals surface area contributed by atoms with Gasteiger partial charge in [-0.15, -0.1) is 0 Å². The quantitative estimate of drug-likeness (QED) is 0.764. The summed E-state index contributed by atoms with van der Waals surface area (Å²) in [6.45, 7) is 5.10. The summed E-state index contributed by atoms with van der Waals surface area (Å²) in [6.07, 6.45) is -0.268. The zero-order chi connectivity index (χ0) is 13.9. The number of hydrogen-bond donors (Lipinski definition) is 0. The fourth-order valence-corrected chi connectivity index (χ4v) is 2.84. The van der Waals surface area contributed by atoms with Crippen LogP contribution in [0.3, 0.4) is 0 Å². The van der Waals surface area contributed by atoms with Crippen LogP contribution in [0, 0.1) is 0 Å². The molecule has 20 heavy (non-hydrogen) atoms. The fraction of sp³-hybridized carbons (Fsp3) is 0.533. The van der Waals surface area contributed by atoms with Gasteiger partial charge in [-0.3, -0.25) is 9.69 Å². The van der Waals surface area contributed by atoms with E-state index in [1.165, 1.54) is 6.92 Å². The van der Waals surface area contributed by atoms with Crippen LogP contribution in [-0.4, -0.2) is 49.8 Å². The molecule has 0 spiro atoms. The monoisotopic (exact) mass is 277 g/mol. The molecular formula is C15H19NO4. The maximum atomic E-state index is 11.4. The number of hydrogen-bond acceptors (Lipinski definition) is 5. The standard InChI is InChI=1S/C15H19NO4/c1-11(17)20-15-12-4-2-3-5-14(12)19-10-13(15)16-6-8-18-9-7-16/h2-5,13,15H,6-10H2,1H3. The lowest BCUT2D eigenvalue weighted by Crippen LogP contribution is -2.51. The molecule has 108 valence electrons. The number of rotatable bonds is 2. The van der Waals surface area contributed by atoms with E-state index in [9.17, 15) is 4.79 Å². The molecule has 2 unspecified atom stereocenters. The minimum Gasteiger partial charge on any atom is -0.491 e. The summed E-state index contributed by atoms with van der Waals surface area (Å²) >= 11 is 0. The van der Waals surface area contributed by atoms with Gasteiger partial charge in [0.1, 0.15) is 18.5 Å². The van der Waals surface area contributed by atoms with E-state index < -0.39 is 0 Å². The van der Waals surface area contributed by atoms with Crippen molar-refractivity contribution in [2.45, 2.75) is 19.1 Å². The van der Waals surface area contributed by atoms with Gasteiger partial charge < -0.3 is 14.2 Å². The third-order valence-corrected chi connectivity index (χ3v) is 3.79. The van der Waals surface area contributed by atoms with Crippen molar-refractivity contribution in [3.8, 4) is 5.75 Å². The molecule has 2 heterocycles. The first-order valence-electron chi connectivity index (χ1n) is 6.96. The maximum Gasteiger partial charge on any atom is 0.303 e. The summed E-state index contributed by atoms with van der Waals surface area (Å²) in [6, 6.07) is 7.81. The van der Waals surface area contributed by atoms with Crippen LogP contribution in [0.4, 0.5) is 0 Å². The van der Waals surface area contributed by atoms with Gasteiger partial charge in [-0.2, -0.15) is 0 Å². The van der Waals surface area contributed by atoms with Gasteiger partial charge in [0.25, 0.3) is 0 Å². The molecule has 0 bridgehead atoms. The highest BCUT2D eigenvalue weighted by atomic mass is 16.6.